The summed E-state index contributed by atoms with van der Waals surface area (Å²) in [6.45, 7) is 5.45. The van der Waals surface area contributed by atoms with Gasteiger partial charge in [0.2, 0.25) is 11.8 Å². The first kappa shape index (κ1) is 25.5. The number of methoxy groups -OCH3 is 1. The standard InChI is InChI=1S/C29H32N8O3/c1-38-17-18-39-23-10-8-22(9-11-23)35-12-14-36(15-13-35)24-6-3-2-5-21(24)20-31-26-19-27-33-28(25-7-4-16-40-25)34-37(27)29(30)32-26/h2-11,16,19,31H,12-15,17-18,20H2,1H3,(H2,30,32). The number of rotatable bonds is 10. The second-order valence-electron chi connectivity index (χ2n) is 9.47. The van der Waals surface area contributed by atoms with Crippen LogP contribution in [0.2, 0.25) is 0 Å². The summed E-state index contributed by atoms with van der Waals surface area (Å²) in [7, 11) is 1.67. The number of piperazine rings is 1. The van der Waals surface area contributed by atoms with Crippen LogP contribution in [0.4, 0.5) is 23.1 Å². The Balaban J connectivity index is 1.09. The number of nitrogen functional groups attached to an aromatic ring is 1. The smallest absolute Gasteiger partial charge is 0.225 e. The van der Waals surface area contributed by atoms with Crippen molar-refractivity contribution >= 4 is 28.8 Å². The zero-order chi connectivity index (χ0) is 27.3. The second kappa shape index (κ2) is 11.5. The van der Waals surface area contributed by atoms with Crippen molar-refractivity contribution in [1.29, 1.82) is 0 Å². The predicted molar refractivity (Wildman–Crippen MR) is 155 cm³/mol. The van der Waals surface area contributed by atoms with Crippen molar-refractivity contribution in [3.8, 4) is 17.3 Å². The van der Waals surface area contributed by atoms with Gasteiger partial charge in [-0.3, -0.25) is 0 Å². The molecule has 5 aromatic rings. The van der Waals surface area contributed by atoms with Gasteiger partial charge in [0.15, 0.2) is 11.4 Å². The molecule has 4 heterocycles. The molecule has 0 amide bonds. The fourth-order valence-corrected chi connectivity index (χ4v) is 4.87. The number of furan rings is 1. The summed E-state index contributed by atoms with van der Waals surface area (Å²) in [5, 5.41) is 7.83. The molecule has 2 aromatic carbocycles. The number of benzene rings is 2. The van der Waals surface area contributed by atoms with E-state index in [4.69, 9.17) is 19.6 Å². The van der Waals surface area contributed by atoms with Crippen LogP contribution in [0.3, 0.4) is 0 Å². The lowest BCUT2D eigenvalue weighted by molar-refractivity contribution is 0.146. The molecule has 0 atom stereocenters. The molecule has 0 saturated carbocycles. The van der Waals surface area contributed by atoms with Crippen molar-refractivity contribution in [2.24, 2.45) is 0 Å². The van der Waals surface area contributed by atoms with Crippen LogP contribution in [-0.4, -0.2) is 66.1 Å². The summed E-state index contributed by atoms with van der Waals surface area (Å²) in [6.07, 6.45) is 1.59. The highest BCUT2D eigenvalue weighted by atomic mass is 16.5. The van der Waals surface area contributed by atoms with Gasteiger partial charge in [-0.15, -0.1) is 5.10 Å². The third-order valence-electron chi connectivity index (χ3n) is 6.92. The zero-order valence-electron chi connectivity index (χ0n) is 22.4. The van der Waals surface area contributed by atoms with E-state index < -0.39 is 0 Å². The molecule has 6 rings (SSSR count). The molecule has 0 unspecified atom stereocenters. The summed E-state index contributed by atoms with van der Waals surface area (Å²) in [6, 6.07) is 22.2. The van der Waals surface area contributed by atoms with Gasteiger partial charge in [0.05, 0.1) is 12.9 Å². The number of fused-ring (bicyclic) bond motifs is 1. The lowest BCUT2D eigenvalue weighted by Gasteiger charge is -2.38. The van der Waals surface area contributed by atoms with Crippen molar-refractivity contribution in [2.45, 2.75) is 6.54 Å². The molecule has 0 bridgehead atoms. The number of para-hydroxylation sites is 1. The first-order valence-electron chi connectivity index (χ1n) is 13.3. The minimum absolute atomic E-state index is 0.254. The Hall–Kier alpha value is -4.77. The average Bonchev–Trinajstić information content (AvgIpc) is 3.68. The number of nitrogens with two attached hydrogens (primary N) is 1. The molecular formula is C29H32N8O3. The zero-order valence-corrected chi connectivity index (χ0v) is 22.4. The summed E-state index contributed by atoms with van der Waals surface area (Å²) < 4.78 is 17.7. The van der Waals surface area contributed by atoms with Crippen LogP contribution < -0.4 is 25.6 Å². The van der Waals surface area contributed by atoms with E-state index in [9.17, 15) is 0 Å². The molecule has 3 aromatic heterocycles. The van der Waals surface area contributed by atoms with Crippen LogP contribution in [0.25, 0.3) is 17.2 Å². The lowest BCUT2D eigenvalue weighted by atomic mass is 10.1. The number of aromatic nitrogens is 4. The van der Waals surface area contributed by atoms with Gasteiger partial charge < -0.3 is 34.7 Å². The van der Waals surface area contributed by atoms with E-state index in [0.717, 1.165) is 31.9 Å². The van der Waals surface area contributed by atoms with Crippen molar-refractivity contribution in [2.75, 3.05) is 67.4 Å². The van der Waals surface area contributed by atoms with E-state index in [1.165, 1.54) is 21.5 Å². The largest absolute Gasteiger partial charge is 0.491 e. The van der Waals surface area contributed by atoms with Gasteiger partial charge in [0.1, 0.15) is 18.2 Å². The fraction of sp³-hybridized carbons (Fsp3) is 0.276. The highest BCUT2D eigenvalue weighted by Crippen LogP contribution is 2.26. The van der Waals surface area contributed by atoms with Crippen LogP contribution in [0.15, 0.2) is 77.4 Å². The van der Waals surface area contributed by atoms with E-state index in [0.29, 0.717) is 42.8 Å². The first-order valence-corrected chi connectivity index (χ1v) is 13.3. The summed E-state index contributed by atoms with van der Waals surface area (Å²) in [5.41, 5.74) is 10.4. The van der Waals surface area contributed by atoms with Gasteiger partial charge >= 0.3 is 0 Å². The Morgan fingerprint density at radius 3 is 2.50 bits per heavy atom. The number of nitrogens with one attached hydrogen (secondary N) is 1. The van der Waals surface area contributed by atoms with Crippen molar-refractivity contribution in [3.05, 3.63) is 78.6 Å². The maximum atomic E-state index is 6.19. The highest BCUT2D eigenvalue weighted by Gasteiger charge is 2.20. The topological polar surface area (TPSA) is 119 Å². The Labute approximate surface area is 232 Å². The van der Waals surface area contributed by atoms with Gasteiger partial charge in [-0.05, 0) is 48.0 Å². The third kappa shape index (κ3) is 5.50. The van der Waals surface area contributed by atoms with Crippen LogP contribution in [0.5, 0.6) is 5.75 Å². The molecule has 0 radical (unpaired) electrons. The first-order chi connectivity index (χ1) is 19.7. The molecule has 1 saturated heterocycles. The Kier molecular flexibility index (Phi) is 7.36. The van der Waals surface area contributed by atoms with Crippen LogP contribution in [0, 0.1) is 0 Å². The molecule has 0 aliphatic carbocycles. The monoisotopic (exact) mass is 540 g/mol. The van der Waals surface area contributed by atoms with Crippen molar-refractivity contribution in [1.82, 2.24) is 19.6 Å². The molecule has 206 valence electrons. The predicted octanol–water partition coefficient (Wildman–Crippen LogP) is 3.93. The maximum absolute atomic E-state index is 6.19. The van der Waals surface area contributed by atoms with Crippen LogP contribution >= 0.6 is 0 Å². The molecule has 40 heavy (non-hydrogen) atoms. The summed E-state index contributed by atoms with van der Waals surface area (Å²) in [5.74, 6) is 2.79. The van der Waals surface area contributed by atoms with E-state index >= 15 is 0 Å². The second-order valence-corrected chi connectivity index (χ2v) is 9.47. The molecule has 1 aliphatic heterocycles. The number of hydrogen-bond acceptors (Lipinski definition) is 10. The third-order valence-corrected chi connectivity index (χ3v) is 6.92. The van der Waals surface area contributed by atoms with Crippen LogP contribution in [-0.2, 0) is 11.3 Å². The Bertz CT molecular complexity index is 1540. The minimum Gasteiger partial charge on any atom is -0.491 e. The molecular weight excluding hydrogens is 508 g/mol. The Morgan fingerprint density at radius 1 is 0.925 bits per heavy atom. The highest BCUT2D eigenvalue weighted by molar-refractivity contribution is 5.61. The molecule has 11 heteroatoms. The van der Waals surface area contributed by atoms with Gasteiger partial charge in [0, 0.05) is 57.3 Å². The molecule has 1 aliphatic rings. The number of anilines is 4. The van der Waals surface area contributed by atoms with Gasteiger partial charge in [-0.2, -0.15) is 9.50 Å². The SMILES string of the molecule is COCCOc1ccc(N2CCN(c3ccccc3CNc3cc4nc(-c5ccco5)nn4c(N)n3)CC2)cc1. The molecule has 11 nitrogen and oxygen atoms in total. The van der Waals surface area contributed by atoms with Crippen molar-refractivity contribution in [3.63, 3.8) is 0 Å². The molecule has 3 N–H and O–H groups in total. The van der Waals surface area contributed by atoms with Crippen molar-refractivity contribution < 1.29 is 13.9 Å². The lowest BCUT2D eigenvalue weighted by Crippen LogP contribution is -2.46. The molecule has 1 fully saturated rings. The quantitative estimate of drug-likeness (QED) is 0.252. The average molecular weight is 541 g/mol. The maximum Gasteiger partial charge on any atom is 0.225 e. The number of nitrogens with zero attached hydrogens (tertiary/aromatic N) is 6. The Morgan fingerprint density at radius 2 is 1.73 bits per heavy atom. The fourth-order valence-electron chi connectivity index (χ4n) is 4.87. The summed E-state index contributed by atoms with van der Waals surface area (Å²) >= 11 is 0. The van der Waals surface area contributed by atoms with Gasteiger partial charge in [-0.25, -0.2) is 4.98 Å². The van der Waals surface area contributed by atoms with Crippen LogP contribution in [0.1, 0.15) is 5.56 Å². The van der Waals surface area contributed by atoms with Gasteiger partial charge in [-0.1, -0.05) is 18.2 Å². The van der Waals surface area contributed by atoms with E-state index in [2.05, 4.69) is 66.6 Å². The summed E-state index contributed by atoms with van der Waals surface area (Å²) in [4.78, 5) is 13.9. The molecule has 0 spiro atoms. The van der Waals surface area contributed by atoms with E-state index in [1.54, 1.807) is 19.4 Å². The minimum atomic E-state index is 0.254. The van der Waals surface area contributed by atoms with E-state index in [1.807, 2.05) is 24.3 Å². The van der Waals surface area contributed by atoms with E-state index in [-0.39, 0.29) is 5.95 Å². The number of hydrogen-bond donors (Lipinski definition) is 2. The van der Waals surface area contributed by atoms with Gasteiger partial charge in [0.25, 0.3) is 0 Å². The number of ether oxygens (including phenoxy) is 2. The normalized spacial score (nSPS) is 13.6.